The van der Waals surface area contributed by atoms with Crippen LogP contribution in [0.25, 0.3) is 0 Å². The smallest absolute Gasteiger partial charge is 0.262 e. The fourth-order valence-corrected chi connectivity index (χ4v) is 3.41. The van der Waals surface area contributed by atoms with Crippen molar-refractivity contribution in [2.24, 2.45) is 0 Å². The van der Waals surface area contributed by atoms with Gasteiger partial charge in [0.25, 0.3) is 5.91 Å². The molecule has 7 nitrogen and oxygen atoms in total. The summed E-state index contributed by atoms with van der Waals surface area (Å²) in [7, 11) is -2.09. The lowest BCUT2D eigenvalue weighted by Crippen LogP contribution is -2.25. The third-order valence-corrected chi connectivity index (χ3v) is 5.14. The van der Waals surface area contributed by atoms with Crippen molar-refractivity contribution in [3.63, 3.8) is 0 Å². The third kappa shape index (κ3) is 6.26. The second-order valence-electron chi connectivity index (χ2n) is 5.77. The van der Waals surface area contributed by atoms with Crippen molar-refractivity contribution in [3.05, 3.63) is 48.5 Å². The summed E-state index contributed by atoms with van der Waals surface area (Å²) in [6, 6.07) is 13.1. The zero-order chi connectivity index (χ0) is 19.7. The molecule has 0 radical (unpaired) electrons. The number of ether oxygens (including phenoxy) is 2. The Hall–Kier alpha value is -2.58. The van der Waals surface area contributed by atoms with E-state index >= 15 is 0 Å². The lowest BCUT2D eigenvalue weighted by molar-refractivity contribution is -0.118. The van der Waals surface area contributed by atoms with Gasteiger partial charge in [-0.15, -0.1) is 0 Å². The number of methoxy groups -OCH3 is 1. The normalized spacial score (nSPS) is 11.0. The Morgan fingerprint density at radius 3 is 2.52 bits per heavy atom. The molecule has 0 fully saturated rings. The molecule has 0 aliphatic heterocycles. The molecule has 0 unspecified atom stereocenters. The van der Waals surface area contributed by atoms with E-state index in [0.717, 1.165) is 12.8 Å². The Balaban J connectivity index is 1.98. The molecule has 0 aromatic heterocycles. The lowest BCUT2D eigenvalue weighted by atomic mass is 10.3. The average molecular weight is 392 g/mol. The zero-order valence-electron chi connectivity index (χ0n) is 15.4. The Bertz CT molecular complexity index is 868. The number of para-hydroxylation sites is 2. The van der Waals surface area contributed by atoms with Crippen LogP contribution in [0.15, 0.2) is 53.4 Å². The molecule has 0 saturated carbocycles. The molecule has 0 atom stereocenters. The highest BCUT2D eigenvalue weighted by Gasteiger charge is 2.14. The summed E-state index contributed by atoms with van der Waals surface area (Å²) >= 11 is 0. The van der Waals surface area contributed by atoms with E-state index in [1.165, 1.54) is 19.2 Å². The predicted octanol–water partition coefficient (Wildman–Crippen LogP) is 2.79. The van der Waals surface area contributed by atoms with Gasteiger partial charge in [0.1, 0.15) is 0 Å². The van der Waals surface area contributed by atoms with Crippen molar-refractivity contribution >= 4 is 21.6 Å². The second kappa shape index (κ2) is 9.94. The first kappa shape index (κ1) is 20.7. The number of benzene rings is 2. The summed E-state index contributed by atoms with van der Waals surface area (Å²) in [4.78, 5) is 12.2. The minimum atomic E-state index is -3.60. The average Bonchev–Trinajstić information content (AvgIpc) is 2.67. The molecule has 1 amide bonds. The van der Waals surface area contributed by atoms with Crippen molar-refractivity contribution in [3.8, 4) is 11.5 Å². The van der Waals surface area contributed by atoms with Crippen molar-refractivity contribution in [2.75, 3.05) is 25.6 Å². The van der Waals surface area contributed by atoms with Crippen LogP contribution in [0.2, 0.25) is 0 Å². The van der Waals surface area contributed by atoms with Gasteiger partial charge in [0, 0.05) is 12.2 Å². The molecule has 0 bridgehead atoms. The molecule has 0 aliphatic carbocycles. The van der Waals surface area contributed by atoms with E-state index in [2.05, 4.69) is 10.0 Å². The minimum absolute atomic E-state index is 0.0991. The highest BCUT2D eigenvalue weighted by Crippen LogP contribution is 2.25. The number of nitrogens with one attached hydrogen (secondary N) is 2. The van der Waals surface area contributed by atoms with Gasteiger partial charge < -0.3 is 14.8 Å². The number of amides is 1. The topological polar surface area (TPSA) is 93.7 Å². The van der Waals surface area contributed by atoms with Crippen molar-refractivity contribution in [2.45, 2.75) is 24.7 Å². The molecular weight excluding hydrogens is 368 g/mol. The summed E-state index contributed by atoms with van der Waals surface area (Å²) in [5.74, 6) is 0.567. The summed E-state index contributed by atoms with van der Waals surface area (Å²) in [6.45, 7) is 2.13. The van der Waals surface area contributed by atoms with E-state index in [1.54, 1.807) is 36.4 Å². The van der Waals surface area contributed by atoms with E-state index in [4.69, 9.17) is 9.47 Å². The molecule has 0 spiro atoms. The van der Waals surface area contributed by atoms with Gasteiger partial charge in [-0.1, -0.05) is 31.5 Å². The molecular formula is C19H24N2O5S. The number of hydrogen-bond donors (Lipinski definition) is 2. The van der Waals surface area contributed by atoms with Crippen LogP contribution in [0.5, 0.6) is 11.5 Å². The number of unbranched alkanes of at least 4 members (excludes halogenated alkanes) is 1. The molecule has 2 N–H and O–H groups in total. The quantitative estimate of drug-likeness (QED) is 0.607. The van der Waals surface area contributed by atoms with E-state index in [1.807, 2.05) is 6.92 Å². The SMILES string of the molecule is CCCCNS(=O)(=O)c1cccc(NC(=O)COc2ccccc2OC)c1. The molecule has 8 heteroatoms. The van der Waals surface area contributed by atoms with Gasteiger partial charge in [0.15, 0.2) is 18.1 Å². The van der Waals surface area contributed by atoms with Gasteiger partial charge in [-0.2, -0.15) is 0 Å². The van der Waals surface area contributed by atoms with Crippen LogP contribution in [-0.2, 0) is 14.8 Å². The Kier molecular flexibility index (Phi) is 7.63. The largest absolute Gasteiger partial charge is 0.493 e. The summed E-state index contributed by atoms with van der Waals surface area (Å²) in [6.07, 6.45) is 1.65. The van der Waals surface area contributed by atoms with Crippen LogP contribution >= 0.6 is 0 Å². The molecule has 2 aromatic rings. The lowest BCUT2D eigenvalue weighted by Gasteiger charge is -2.11. The Morgan fingerprint density at radius 2 is 1.81 bits per heavy atom. The van der Waals surface area contributed by atoms with Crippen LogP contribution in [0.1, 0.15) is 19.8 Å². The van der Waals surface area contributed by atoms with Crippen LogP contribution < -0.4 is 19.5 Å². The molecule has 146 valence electrons. The molecule has 0 saturated heterocycles. The van der Waals surface area contributed by atoms with E-state index in [9.17, 15) is 13.2 Å². The number of sulfonamides is 1. The summed E-state index contributed by atoms with van der Waals surface area (Å²) in [5.41, 5.74) is 0.377. The van der Waals surface area contributed by atoms with Crippen molar-refractivity contribution < 1.29 is 22.7 Å². The second-order valence-corrected chi connectivity index (χ2v) is 7.53. The maximum Gasteiger partial charge on any atom is 0.262 e. The van der Waals surface area contributed by atoms with E-state index in [-0.39, 0.29) is 11.5 Å². The number of carbonyl (C=O) groups excluding carboxylic acids is 1. The van der Waals surface area contributed by atoms with E-state index < -0.39 is 15.9 Å². The summed E-state index contributed by atoms with van der Waals surface area (Å²) < 4.78 is 37.7. The number of carbonyl (C=O) groups is 1. The first-order valence-corrected chi connectivity index (χ1v) is 10.1. The van der Waals surface area contributed by atoms with Crippen LogP contribution in [0.3, 0.4) is 0 Å². The predicted molar refractivity (Wildman–Crippen MR) is 104 cm³/mol. The van der Waals surface area contributed by atoms with Gasteiger partial charge in [-0.25, -0.2) is 13.1 Å². The van der Waals surface area contributed by atoms with Gasteiger partial charge in [0.05, 0.1) is 12.0 Å². The van der Waals surface area contributed by atoms with Crippen molar-refractivity contribution in [1.29, 1.82) is 0 Å². The van der Waals surface area contributed by atoms with Gasteiger partial charge >= 0.3 is 0 Å². The maximum absolute atomic E-state index is 12.3. The summed E-state index contributed by atoms with van der Waals surface area (Å²) in [5, 5.41) is 2.63. The first-order chi connectivity index (χ1) is 13.0. The van der Waals surface area contributed by atoms with Crippen LogP contribution in [0, 0.1) is 0 Å². The first-order valence-electron chi connectivity index (χ1n) is 8.61. The van der Waals surface area contributed by atoms with Gasteiger partial charge in [0.2, 0.25) is 10.0 Å². The van der Waals surface area contributed by atoms with Crippen molar-refractivity contribution in [1.82, 2.24) is 4.72 Å². The van der Waals surface area contributed by atoms with Crippen LogP contribution in [0.4, 0.5) is 5.69 Å². The highest BCUT2D eigenvalue weighted by molar-refractivity contribution is 7.89. The number of rotatable bonds is 10. The molecule has 0 aliphatic rings. The van der Waals surface area contributed by atoms with E-state index in [0.29, 0.717) is 23.7 Å². The number of anilines is 1. The Labute approximate surface area is 159 Å². The zero-order valence-corrected chi connectivity index (χ0v) is 16.2. The van der Waals surface area contributed by atoms with Crippen LogP contribution in [-0.4, -0.2) is 34.6 Å². The minimum Gasteiger partial charge on any atom is -0.493 e. The molecule has 2 aromatic carbocycles. The highest BCUT2D eigenvalue weighted by atomic mass is 32.2. The monoisotopic (exact) mass is 392 g/mol. The molecule has 0 heterocycles. The van der Waals surface area contributed by atoms with Gasteiger partial charge in [-0.05, 0) is 36.8 Å². The maximum atomic E-state index is 12.3. The third-order valence-electron chi connectivity index (χ3n) is 3.68. The Morgan fingerprint density at radius 1 is 1.07 bits per heavy atom. The molecule has 27 heavy (non-hydrogen) atoms. The number of hydrogen-bond acceptors (Lipinski definition) is 5. The fraction of sp³-hybridized carbons (Fsp3) is 0.316. The molecule has 2 rings (SSSR count). The fourth-order valence-electron chi connectivity index (χ4n) is 2.29. The van der Waals surface area contributed by atoms with Gasteiger partial charge in [-0.3, -0.25) is 4.79 Å². The standard InChI is InChI=1S/C19H24N2O5S/c1-3-4-12-20-27(23,24)16-9-7-8-15(13-16)21-19(22)14-26-18-11-6-5-10-17(18)25-2/h5-11,13,20H,3-4,12,14H2,1-2H3,(H,21,22).